The van der Waals surface area contributed by atoms with Crippen LogP contribution in [0.1, 0.15) is 6.42 Å². The predicted octanol–water partition coefficient (Wildman–Crippen LogP) is 1.24. The van der Waals surface area contributed by atoms with E-state index in [1.807, 2.05) is 12.1 Å². The second kappa shape index (κ2) is 5.04. The van der Waals surface area contributed by atoms with Gasteiger partial charge in [-0.05, 0) is 25.1 Å². The molecule has 0 spiro atoms. The van der Waals surface area contributed by atoms with Gasteiger partial charge in [-0.1, -0.05) is 0 Å². The maximum atomic E-state index is 5.67. The molecule has 2 rings (SSSR count). The zero-order valence-electron chi connectivity index (χ0n) is 7.27. The lowest BCUT2D eigenvalue weighted by atomic mass is 10.3. The molecule has 1 saturated heterocycles. The number of nitrogens with one attached hydrogen (secondary N) is 1. The number of halogens is 1. The van der Waals surface area contributed by atoms with Crippen LogP contribution in [0.5, 0.6) is 5.75 Å². The monoisotopic (exact) mass is 200 g/mol. The first-order valence-electron chi connectivity index (χ1n) is 4.22. The van der Waals surface area contributed by atoms with Gasteiger partial charge in [0.1, 0.15) is 11.9 Å². The molecule has 72 valence electrons. The van der Waals surface area contributed by atoms with Gasteiger partial charge in [0.2, 0.25) is 0 Å². The summed E-state index contributed by atoms with van der Waals surface area (Å²) in [5, 5.41) is 3.25. The van der Waals surface area contributed by atoms with Crippen LogP contribution in [0.25, 0.3) is 0 Å². The fourth-order valence-corrected chi connectivity index (χ4v) is 1.34. The third-order valence-electron chi connectivity index (χ3n) is 1.97. The Morgan fingerprint density at radius 3 is 2.77 bits per heavy atom. The molecule has 1 aliphatic heterocycles. The second-order valence-corrected chi connectivity index (χ2v) is 2.92. The van der Waals surface area contributed by atoms with Gasteiger partial charge in [0, 0.05) is 18.9 Å². The maximum absolute atomic E-state index is 5.67. The van der Waals surface area contributed by atoms with E-state index >= 15 is 0 Å². The molecule has 0 saturated carbocycles. The first kappa shape index (κ1) is 10.3. The molecule has 1 unspecified atom stereocenters. The number of nitrogens with zero attached hydrogens (tertiary/aromatic N) is 1. The number of hydrogen-bond acceptors (Lipinski definition) is 3. The summed E-state index contributed by atoms with van der Waals surface area (Å²) in [6.45, 7) is 2.03. The fraction of sp³-hybridized carbons (Fsp3) is 0.444. The lowest BCUT2D eigenvalue weighted by Gasteiger charge is -2.11. The number of aromatic nitrogens is 1. The highest BCUT2D eigenvalue weighted by molar-refractivity contribution is 5.85. The highest BCUT2D eigenvalue weighted by Gasteiger charge is 2.15. The van der Waals surface area contributed by atoms with Gasteiger partial charge in [0.15, 0.2) is 0 Å². The fourth-order valence-electron chi connectivity index (χ4n) is 1.34. The van der Waals surface area contributed by atoms with Crippen molar-refractivity contribution >= 4 is 12.4 Å². The molecule has 0 bridgehead atoms. The molecule has 1 aromatic heterocycles. The van der Waals surface area contributed by atoms with Crippen LogP contribution in [0.4, 0.5) is 0 Å². The summed E-state index contributed by atoms with van der Waals surface area (Å²) in [7, 11) is 0. The van der Waals surface area contributed by atoms with Crippen LogP contribution < -0.4 is 10.1 Å². The molecule has 0 radical (unpaired) electrons. The van der Waals surface area contributed by atoms with Gasteiger partial charge >= 0.3 is 0 Å². The Labute approximate surface area is 83.9 Å². The minimum absolute atomic E-state index is 0. The van der Waals surface area contributed by atoms with Crippen LogP contribution in [-0.2, 0) is 0 Å². The number of hydrogen-bond donors (Lipinski definition) is 1. The van der Waals surface area contributed by atoms with Crippen molar-refractivity contribution in [2.45, 2.75) is 12.5 Å². The quantitative estimate of drug-likeness (QED) is 0.780. The van der Waals surface area contributed by atoms with Crippen molar-refractivity contribution in [1.29, 1.82) is 0 Å². The molecule has 2 heterocycles. The minimum atomic E-state index is 0. The molecule has 1 atom stereocenters. The molecule has 1 aromatic rings. The summed E-state index contributed by atoms with van der Waals surface area (Å²) >= 11 is 0. The summed E-state index contributed by atoms with van der Waals surface area (Å²) in [6, 6.07) is 3.77. The van der Waals surface area contributed by atoms with Crippen LogP contribution in [0.15, 0.2) is 24.5 Å². The Morgan fingerprint density at radius 2 is 2.15 bits per heavy atom. The van der Waals surface area contributed by atoms with Crippen molar-refractivity contribution in [3.05, 3.63) is 24.5 Å². The number of pyridine rings is 1. The molecule has 13 heavy (non-hydrogen) atoms. The summed E-state index contributed by atoms with van der Waals surface area (Å²) in [6.07, 6.45) is 4.94. The van der Waals surface area contributed by atoms with E-state index in [-0.39, 0.29) is 12.4 Å². The SMILES string of the molecule is Cl.c1cc(OC2CCNC2)ccn1. The Kier molecular flexibility index (Phi) is 3.99. The zero-order chi connectivity index (χ0) is 8.23. The van der Waals surface area contributed by atoms with E-state index in [1.165, 1.54) is 0 Å². The Hall–Kier alpha value is -0.800. The van der Waals surface area contributed by atoms with Gasteiger partial charge in [-0.3, -0.25) is 4.98 Å². The molecule has 0 aliphatic carbocycles. The van der Waals surface area contributed by atoms with Crippen LogP contribution in [0.2, 0.25) is 0 Å². The molecule has 3 nitrogen and oxygen atoms in total. The van der Waals surface area contributed by atoms with Gasteiger partial charge in [0.05, 0.1) is 0 Å². The normalized spacial score (nSPS) is 20.8. The second-order valence-electron chi connectivity index (χ2n) is 2.92. The minimum Gasteiger partial charge on any atom is -0.489 e. The first-order valence-corrected chi connectivity index (χ1v) is 4.22. The lowest BCUT2D eigenvalue weighted by molar-refractivity contribution is 0.223. The Bertz CT molecular complexity index is 237. The average molecular weight is 201 g/mol. The third-order valence-corrected chi connectivity index (χ3v) is 1.97. The van der Waals surface area contributed by atoms with Crippen molar-refractivity contribution < 1.29 is 4.74 Å². The molecule has 0 amide bonds. The smallest absolute Gasteiger partial charge is 0.122 e. The summed E-state index contributed by atoms with van der Waals surface area (Å²) in [4.78, 5) is 3.92. The van der Waals surface area contributed by atoms with Crippen molar-refractivity contribution in [2.75, 3.05) is 13.1 Å². The maximum Gasteiger partial charge on any atom is 0.122 e. The van der Waals surface area contributed by atoms with E-state index in [9.17, 15) is 0 Å². The van der Waals surface area contributed by atoms with Crippen LogP contribution in [-0.4, -0.2) is 24.2 Å². The van der Waals surface area contributed by atoms with E-state index in [1.54, 1.807) is 12.4 Å². The molecule has 4 heteroatoms. The van der Waals surface area contributed by atoms with Gasteiger partial charge < -0.3 is 10.1 Å². The lowest BCUT2D eigenvalue weighted by Crippen LogP contribution is -2.19. The molecular formula is C9H13ClN2O. The first-order chi connectivity index (χ1) is 5.95. The van der Waals surface area contributed by atoms with Crippen molar-refractivity contribution in [2.24, 2.45) is 0 Å². The van der Waals surface area contributed by atoms with Crippen molar-refractivity contribution in [3.8, 4) is 5.75 Å². The molecule has 0 aromatic carbocycles. The zero-order valence-corrected chi connectivity index (χ0v) is 8.09. The van der Waals surface area contributed by atoms with Gasteiger partial charge in [-0.15, -0.1) is 12.4 Å². The topological polar surface area (TPSA) is 34.1 Å². The highest BCUT2D eigenvalue weighted by Crippen LogP contribution is 2.12. The highest BCUT2D eigenvalue weighted by atomic mass is 35.5. The third kappa shape index (κ3) is 2.86. The van der Waals surface area contributed by atoms with E-state index in [0.717, 1.165) is 25.3 Å². The summed E-state index contributed by atoms with van der Waals surface area (Å²) in [5.74, 6) is 0.915. The van der Waals surface area contributed by atoms with Gasteiger partial charge in [-0.25, -0.2) is 0 Å². The van der Waals surface area contributed by atoms with Gasteiger partial charge in [0.25, 0.3) is 0 Å². The molecule has 1 N–H and O–H groups in total. The number of rotatable bonds is 2. The molecule has 1 aliphatic rings. The van der Waals surface area contributed by atoms with E-state index in [0.29, 0.717) is 6.10 Å². The Morgan fingerprint density at radius 1 is 1.38 bits per heavy atom. The van der Waals surface area contributed by atoms with E-state index in [4.69, 9.17) is 4.74 Å². The molecule has 1 fully saturated rings. The number of ether oxygens (including phenoxy) is 1. The van der Waals surface area contributed by atoms with Crippen molar-refractivity contribution in [1.82, 2.24) is 10.3 Å². The van der Waals surface area contributed by atoms with Crippen LogP contribution in [0, 0.1) is 0 Å². The summed E-state index contributed by atoms with van der Waals surface area (Å²) < 4.78 is 5.67. The standard InChI is InChI=1S/C9H12N2O.ClH/c1-4-10-5-2-8(1)12-9-3-6-11-7-9;/h1-2,4-5,9,11H,3,6-7H2;1H. The van der Waals surface area contributed by atoms with Crippen LogP contribution in [0.3, 0.4) is 0 Å². The summed E-state index contributed by atoms with van der Waals surface area (Å²) in [5.41, 5.74) is 0. The average Bonchev–Trinajstić information content (AvgIpc) is 2.59. The Balaban J connectivity index is 0.000000845. The molecular weight excluding hydrogens is 188 g/mol. The van der Waals surface area contributed by atoms with Crippen LogP contribution >= 0.6 is 12.4 Å². The predicted molar refractivity (Wildman–Crippen MR) is 53.4 cm³/mol. The van der Waals surface area contributed by atoms with Gasteiger partial charge in [-0.2, -0.15) is 0 Å². The van der Waals surface area contributed by atoms with E-state index < -0.39 is 0 Å². The van der Waals surface area contributed by atoms with E-state index in [2.05, 4.69) is 10.3 Å². The largest absolute Gasteiger partial charge is 0.489 e. The van der Waals surface area contributed by atoms with Crippen molar-refractivity contribution in [3.63, 3.8) is 0 Å².